The normalized spacial score (nSPS) is 9.92. The lowest BCUT2D eigenvalue weighted by atomic mass is 10.1. The quantitative estimate of drug-likeness (QED) is 0.0489. The number of benzene rings is 1. The number of amidine groups is 1. The number of anilines is 3. The second kappa shape index (κ2) is 32.4. The third kappa shape index (κ3) is 30.3. The molecule has 0 unspecified atom stereocenters. The highest BCUT2D eigenvalue weighted by molar-refractivity contribution is 5.96. The summed E-state index contributed by atoms with van der Waals surface area (Å²) < 4.78 is 1.92. The molecular formula is C43H72N13O5+. The Morgan fingerprint density at radius 2 is 0.951 bits per heavy atom. The van der Waals surface area contributed by atoms with Crippen LogP contribution in [0.5, 0.6) is 0 Å². The molecule has 0 aliphatic rings. The summed E-state index contributed by atoms with van der Waals surface area (Å²) in [4.78, 5) is 63.1. The molecule has 0 bridgehead atoms. The van der Waals surface area contributed by atoms with Crippen LogP contribution in [0.1, 0.15) is 74.8 Å². The maximum absolute atomic E-state index is 11.4. The number of rotatable bonds is 14. The van der Waals surface area contributed by atoms with Gasteiger partial charge in [-0.3, -0.25) is 39.4 Å². The number of pyridine rings is 2. The molecule has 0 aliphatic heterocycles. The van der Waals surface area contributed by atoms with Crippen LogP contribution in [0.2, 0.25) is 0 Å². The number of aromatic nitrogens is 2. The molecule has 2 heterocycles. The van der Waals surface area contributed by atoms with E-state index < -0.39 is 0 Å². The van der Waals surface area contributed by atoms with E-state index in [1.165, 1.54) is 0 Å². The molecule has 0 atom stereocenters. The third-order valence-corrected chi connectivity index (χ3v) is 7.43. The molecule has 0 aliphatic carbocycles. The van der Waals surface area contributed by atoms with Gasteiger partial charge in [0.1, 0.15) is 12.9 Å². The van der Waals surface area contributed by atoms with Crippen LogP contribution in [-0.2, 0) is 31.0 Å². The Balaban J connectivity index is 0. The highest BCUT2D eigenvalue weighted by atomic mass is 16.2. The van der Waals surface area contributed by atoms with Crippen LogP contribution < -0.4 is 54.1 Å². The lowest BCUT2D eigenvalue weighted by Crippen LogP contribution is -2.32. The summed E-state index contributed by atoms with van der Waals surface area (Å²) in [6.45, 7) is 20.5. The van der Waals surface area contributed by atoms with Gasteiger partial charge in [0.05, 0.1) is 12.2 Å². The first-order valence-electron chi connectivity index (χ1n) is 20.0. The molecule has 3 rings (SSSR count). The number of carbonyl (C=O) groups excluding carboxylic acids is 5. The molecule has 338 valence electrons. The summed E-state index contributed by atoms with van der Waals surface area (Å²) in [7, 11) is 1.94. The van der Waals surface area contributed by atoms with Gasteiger partial charge >= 0.3 is 0 Å². The van der Waals surface area contributed by atoms with Crippen molar-refractivity contribution in [3.63, 3.8) is 0 Å². The van der Waals surface area contributed by atoms with Crippen molar-refractivity contribution in [3.05, 3.63) is 78.9 Å². The van der Waals surface area contributed by atoms with Gasteiger partial charge in [-0.05, 0) is 36.4 Å². The van der Waals surface area contributed by atoms with Crippen LogP contribution in [0.15, 0.2) is 78.3 Å². The highest BCUT2D eigenvalue weighted by Gasteiger charge is 2.09. The number of carbonyl (C=O) groups is 5. The number of guanidine groups is 1. The van der Waals surface area contributed by atoms with E-state index in [2.05, 4.69) is 36.6 Å². The predicted molar refractivity (Wildman–Crippen MR) is 245 cm³/mol. The minimum absolute atomic E-state index is 0.00389. The summed E-state index contributed by atoms with van der Waals surface area (Å²) >= 11 is 0. The Labute approximate surface area is 362 Å². The average molecular weight is 851 g/mol. The molecule has 18 nitrogen and oxygen atoms in total. The Hall–Kier alpha value is -6.43. The molecule has 61 heavy (non-hydrogen) atoms. The number of hydrogen-bond donors (Lipinski definition) is 10. The number of aliphatic imine (C=N–C) groups is 1. The molecule has 0 saturated carbocycles. The van der Waals surface area contributed by atoms with Crippen LogP contribution in [-0.4, -0.2) is 72.5 Å². The monoisotopic (exact) mass is 851 g/mol. The molecule has 18 heteroatoms. The van der Waals surface area contributed by atoms with Gasteiger partial charge in [-0.2, -0.15) is 0 Å². The molecular weight excluding hydrogens is 779 g/mol. The van der Waals surface area contributed by atoms with Gasteiger partial charge in [-0.1, -0.05) is 69.2 Å². The van der Waals surface area contributed by atoms with E-state index in [0.717, 1.165) is 17.1 Å². The summed E-state index contributed by atoms with van der Waals surface area (Å²) in [5.74, 6) is 0.276. The van der Waals surface area contributed by atoms with Crippen LogP contribution in [0, 0.1) is 35.0 Å². The van der Waals surface area contributed by atoms with Crippen molar-refractivity contribution >= 4 is 58.4 Å². The topological polar surface area (TPSA) is 303 Å². The first-order valence-corrected chi connectivity index (χ1v) is 20.0. The fraction of sp³-hybridized carbons (Fsp3) is 0.465. The molecule has 3 aromatic rings. The van der Waals surface area contributed by atoms with Gasteiger partial charge < -0.3 is 49.5 Å². The number of hydrogen-bond acceptors (Lipinski definition) is 9. The maximum Gasteiger partial charge on any atom is 0.226 e. The smallest absolute Gasteiger partial charge is 0.226 e. The maximum atomic E-state index is 11.4. The largest absolute Gasteiger partial charge is 0.384 e. The van der Waals surface area contributed by atoms with Gasteiger partial charge in [0.25, 0.3) is 0 Å². The fourth-order valence-electron chi connectivity index (χ4n) is 3.58. The van der Waals surface area contributed by atoms with Crippen molar-refractivity contribution in [1.82, 2.24) is 15.6 Å². The first-order chi connectivity index (χ1) is 28.5. The number of nitrogens with one attached hydrogen (secondary N) is 6. The SMILES string of the molecule is CC(C)C(=O)NCCN.CC(C)C(=O)NCCN=C(N)N.CC(C)C(=O)Nc1cc[n+](C)cc1.CC(C)C(=O)Nc1ccc(C(=N)N)cc1.CC(C)C(=O)Nc1ccncc1. The molecule has 5 amide bonds. The summed E-state index contributed by atoms with van der Waals surface area (Å²) in [6.07, 6.45) is 7.10. The Bertz CT molecular complexity index is 1760. The number of aryl methyl sites for hydroxylation is 1. The predicted octanol–water partition coefficient (Wildman–Crippen LogP) is 3.10. The van der Waals surface area contributed by atoms with E-state index >= 15 is 0 Å². The van der Waals surface area contributed by atoms with Crippen molar-refractivity contribution in [2.75, 3.05) is 42.1 Å². The zero-order valence-electron chi connectivity index (χ0n) is 37.8. The van der Waals surface area contributed by atoms with Gasteiger partial charge in [0.2, 0.25) is 29.5 Å². The molecule has 1 aromatic carbocycles. The van der Waals surface area contributed by atoms with Gasteiger partial charge in [-0.15, -0.1) is 0 Å². The van der Waals surface area contributed by atoms with Gasteiger partial charge in [-0.25, -0.2) is 4.57 Å². The number of nitrogen functional groups attached to an aromatic ring is 1. The van der Waals surface area contributed by atoms with E-state index in [1.807, 2.05) is 105 Å². The fourth-order valence-corrected chi connectivity index (χ4v) is 3.58. The third-order valence-electron chi connectivity index (χ3n) is 7.43. The molecule has 14 N–H and O–H groups in total. The van der Waals surface area contributed by atoms with E-state index in [9.17, 15) is 24.0 Å². The lowest BCUT2D eigenvalue weighted by Gasteiger charge is -2.07. The highest BCUT2D eigenvalue weighted by Crippen LogP contribution is 2.11. The molecule has 0 radical (unpaired) electrons. The summed E-state index contributed by atoms with van der Waals surface area (Å²) in [6, 6.07) is 14.2. The first kappa shape index (κ1) is 56.7. The number of nitrogens with two attached hydrogens (primary N) is 4. The molecule has 0 spiro atoms. The number of nitrogens with zero attached hydrogens (tertiary/aromatic N) is 3. The van der Waals surface area contributed by atoms with E-state index in [0.29, 0.717) is 31.7 Å². The van der Waals surface area contributed by atoms with Crippen molar-refractivity contribution in [2.24, 2.45) is 64.6 Å². The number of amides is 5. The minimum Gasteiger partial charge on any atom is -0.384 e. The Morgan fingerprint density at radius 3 is 1.30 bits per heavy atom. The minimum atomic E-state index is -0.0440. The van der Waals surface area contributed by atoms with Crippen LogP contribution in [0.3, 0.4) is 0 Å². The van der Waals surface area contributed by atoms with Crippen LogP contribution in [0.25, 0.3) is 0 Å². The lowest BCUT2D eigenvalue weighted by molar-refractivity contribution is -0.671. The van der Waals surface area contributed by atoms with Gasteiger partial charge in [0, 0.05) is 90.7 Å². The average Bonchev–Trinajstić information content (AvgIpc) is 3.20. The Kier molecular flexibility index (Phi) is 30.1. The van der Waals surface area contributed by atoms with E-state index in [4.69, 9.17) is 28.3 Å². The summed E-state index contributed by atoms with van der Waals surface area (Å²) in [5.41, 5.74) is 23.7. The standard InChI is InChI=1S/C11H15N3O.C10H14N2O.C9H12N2O.C7H16N4O.C6H14N2O/c1-7(2)11(15)14-9-5-3-8(4-6-9)10(12)13;1-8(2)10(13)11-9-4-6-12(3)7-5-9;1-7(2)9(12)11-8-3-5-10-6-4-8;1-5(2)6(12)10-3-4-11-7(8)9;1-5(2)6(9)8-4-3-7/h3-7H,1-2H3,(H3,12,13)(H,14,15);4-8H,1-3H3;3-7H,1-2H3,(H,10,11,12);5H,3-4H2,1-2H3,(H,10,12)(H4,8,9,11);5H,3-4,7H2,1-2H3,(H,8,9)/p+1. The van der Waals surface area contributed by atoms with Crippen molar-refractivity contribution in [2.45, 2.75) is 69.2 Å². The van der Waals surface area contributed by atoms with E-state index in [1.54, 1.807) is 48.8 Å². The van der Waals surface area contributed by atoms with E-state index in [-0.39, 0.29) is 70.9 Å². The van der Waals surface area contributed by atoms with Crippen molar-refractivity contribution in [1.29, 1.82) is 5.41 Å². The second-order valence-electron chi connectivity index (χ2n) is 14.9. The van der Waals surface area contributed by atoms with Crippen LogP contribution >= 0.6 is 0 Å². The Morgan fingerprint density at radius 1 is 0.590 bits per heavy atom. The zero-order chi connectivity index (χ0) is 47.1. The zero-order valence-corrected chi connectivity index (χ0v) is 37.8. The van der Waals surface area contributed by atoms with Crippen molar-refractivity contribution < 1.29 is 28.5 Å². The van der Waals surface area contributed by atoms with Gasteiger partial charge in [0.15, 0.2) is 18.4 Å². The molecule has 0 fully saturated rings. The molecule has 2 aromatic heterocycles. The van der Waals surface area contributed by atoms with Crippen LogP contribution in [0.4, 0.5) is 17.1 Å². The molecule has 0 saturated heterocycles. The van der Waals surface area contributed by atoms with Crippen molar-refractivity contribution in [3.8, 4) is 0 Å². The summed E-state index contributed by atoms with van der Waals surface area (Å²) in [5, 5.41) is 20.9. The second-order valence-corrected chi connectivity index (χ2v) is 14.9.